The second kappa shape index (κ2) is 6.01. The highest BCUT2D eigenvalue weighted by Gasteiger charge is 2.66. The van der Waals surface area contributed by atoms with E-state index in [2.05, 4.69) is 23.9 Å². The number of nitrogens with zero attached hydrogens (tertiary/aromatic N) is 4. The van der Waals surface area contributed by atoms with Gasteiger partial charge in [0.1, 0.15) is 11.9 Å². The minimum absolute atomic E-state index is 0.0282. The van der Waals surface area contributed by atoms with Crippen molar-refractivity contribution in [1.29, 1.82) is 0 Å². The van der Waals surface area contributed by atoms with E-state index in [0.717, 1.165) is 39.3 Å². The Morgan fingerprint density at radius 3 is 1.96 bits per heavy atom. The maximum absolute atomic E-state index is 14.4. The van der Waals surface area contributed by atoms with Crippen molar-refractivity contribution in [3.05, 3.63) is 35.6 Å². The average Bonchev–Trinajstić information content (AvgIpc) is 3.04. The molecule has 3 heterocycles. The van der Waals surface area contributed by atoms with Gasteiger partial charge in [-0.05, 0) is 34.3 Å². The van der Waals surface area contributed by atoms with Gasteiger partial charge in [-0.25, -0.2) is 4.39 Å². The van der Waals surface area contributed by atoms with Gasteiger partial charge in [0.15, 0.2) is 0 Å². The second-order valence-corrected chi connectivity index (χ2v) is 8.99. The summed E-state index contributed by atoms with van der Waals surface area (Å²) >= 11 is 0. The smallest absolute Gasteiger partial charge is 0.244 e. The summed E-state index contributed by atoms with van der Waals surface area (Å²) in [5.41, 5.74) is 0.769. The maximum atomic E-state index is 14.4. The molecule has 5 nitrogen and oxygen atoms in total. The molecule has 0 bridgehead atoms. The number of likely N-dealkylation sites (N-methyl/N-ethyl adjacent to an activating group) is 1. The highest BCUT2D eigenvalue weighted by atomic mass is 19.1. The third-order valence-corrected chi connectivity index (χ3v) is 6.66. The molecule has 1 atom stereocenters. The zero-order valence-corrected chi connectivity index (χ0v) is 16.2. The van der Waals surface area contributed by atoms with Crippen molar-refractivity contribution in [2.24, 2.45) is 10.8 Å². The number of carbonyl (C=O) groups is 1. The van der Waals surface area contributed by atoms with Crippen molar-refractivity contribution in [3.63, 3.8) is 0 Å². The van der Waals surface area contributed by atoms with E-state index in [1.165, 1.54) is 6.07 Å². The van der Waals surface area contributed by atoms with Gasteiger partial charge in [-0.1, -0.05) is 18.2 Å². The number of carbonyl (C=O) groups excluding carboxylic acids is 1. The van der Waals surface area contributed by atoms with Gasteiger partial charge in [-0.15, -0.1) is 0 Å². The van der Waals surface area contributed by atoms with E-state index in [9.17, 15) is 9.18 Å². The first-order chi connectivity index (χ1) is 12.3. The fraction of sp³-hybridized carbons (Fsp3) is 0.650. The Morgan fingerprint density at radius 2 is 1.50 bits per heavy atom. The highest BCUT2D eigenvalue weighted by molar-refractivity contribution is 5.84. The molecule has 0 aliphatic carbocycles. The van der Waals surface area contributed by atoms with Crippen LogP contribution in [0.5, 0.6) is 0 Å². The van der Waals surface area contributed by atoms with Crippen LogP contribution in [0.4, 0.5) is 4.39 Å². The number of rotatable bonds is 3. The lowest BCUT2D eigenvalue weighted by Crippen LogP contribution is -2.45. The van der Waals surface area contributed by atoms with Crippen LogP contribution in [0.1, 0.15) is 11.6 Å². The number of halogens is 1. The second-order valence-electron chi connectivity index (χ2n) is 8.99. The SMILES string of the molecule is CN1CC23CN(C)CC2(C1)CN(C(=O)C(c1ccccc1F)N(C)C)C3. The zero-order valence-electron chi connectivity index (χ0n) is 16.2. The van der Waals surface area contributed by atoms with Gasteiger partial charge < -0.3 is 14.7 Å². The molecule has 3 aliphatic rings. The molecule has 0 spiro atoms. The normalized spacial score (nSPS) is 32.9. The van der Waals surface area contributed by atoms with E-state index in [-0.39, 0.29) is 22.6 Å². The summed E-state index contributed by atoms with van der Waals surface area (Å²) in [6, 6.07) is 6.07. The maximum Gasteiger partial charge on any atom is 0.244 e. The molecule has 1 aromatic carbocycles. The zero-order chi connectivity index (χ0) is 18.7. The largest absolute Gasteiger partial charge is 0.340 e. The molecule has 1 unspecified atom stereocenters. The molecule has 0 radical (unpaired) electrons. The highest BCUT2D eigenvalue weighted by Crippen LogP contribution is 2.56. The summed E-state index contributed by atoms with van der Waals surface area (Å²) in [7, 11) is 8.07. The molecule has 1 aromatic rings. The van der Waals surface area contributed by atoms with Crippen molar-refractivity contribution in [2.45, 2.75) is 6.04 Å². The number of likely N-dealkylation sites (tertiary alicyclic amines) is 3. The van der Waals surface area contributed by atoms with Crippen LogP contribution >= 0.6 is 0 Å². The number of hydrogen-bond acceptors (Lipinski definition) is 4. The lowest BCUT2D eigenvalue weighted by atomic mass is 9.71. The van der Waals surface area contributed by atoms with E-state index in [4.69, 9.17) is 0 Å². The molecule has 0 aromatic heterocycles. The first kappa shape index (κ1) is 17.9. The molecule has 142 valence electrons. The van der Waals surface area contributed by atoms with E-state index in [1.54, 1.807) is 18.2 Å². The Kier molecular flexibility index (Phi) is 4.13. The molecule has 3 fully saturated rings. The molecule has 1 amide bonds. The Hall–Kier alpha value is -1.50. The molecular weight excluding hydrogens is 331 g/mol. The quantitative estimate of drug-likeness (QED) is 0.809. The first-order valence-corrected chi connectivity index (χ1v) is 9.34. The summed E-state index contributed by atoms with van der Waals surface area (Å²) < 4.78 is 14.4. The molecule has 0 N–H and O–H groups in total. The van der Waals surface area contributed by atoms with E-state index in [1.807, 2.05) is 23.9 Å². The Labute approximate surface area is 155 Å². The molecular formula is C20H29FN4O. The minimum atomic E-state index is -0.570. The molecule has 6 heteroatoms. The summed E-state index contributed by atoms with van der Waals surface area (Å²) in [5.74, 6) is -0.282. The Morgan fingerprint density at radius 1 is 1.00 bits per heavy atom. The Bertz CT molecular complexity index is 684. The molecule has 0 saturated carbocycles. The van der Waals surface area contributed by atoms with Crippen LogP contribution < -0.4 is 0 Å². The number of amides is 1. The van der Waals surface area contributed by atoms with Crippen molar-refractivity contribution >= 4 is 5.91 Å². The van der Waals surface area contributed by atoms with Gasteiger partial charge in [0.25, 0.3) is 0 Å². The van der Waals surface area contributed by atoms with Gasteiger partial charge in [0, 0.05) is 55.7 Å². The molecule has 3 saturated heterocycles. The van der Waals surface area contributed by atoms with Gasteiger partial charge in [-0.3, -0.25) is 9.69 Å². The fourth-order valence-corrected chi connectivity index (χ4v) is 5.93. The molecule has 26 heavy (non-hydrogen) atoms. The first-order valence-electron chi connectivity index (χ1n) is 9.34. The van der Waals surface area contributed by atoms with Crippen LogP contribution in [-0.4, -0.2) is 93.0 Å². The standard InChI is InChI=1S/C20H29FN4O/c1-22(2)17(15-7-5-6-8-16(15)21)18(26)25-13-19-9-23(3)10-20(19,14-25)12-24(4)11-19/h5-8,17H,9-14H2,1-4H3. The van der Waals surface area contributed by atoms with Crippen LogP contribution in [0.25, 0.3) is 0 Å². The summed E-state index contributed by atoms with van der Waals surface area (Å²) in [6.07, 6.45) is 0. The summed E-state index contributed by atoms with van der Waals surface area (Å²) in [6.45, 7) is 5.69. The molecule has 4 rings (SSSR count). The predicted octanol–water partition coefficient (Wildman–Crippen LogP) is 1.13. The molecule has 3 aliphatic heterocycles. The van der Waals surface area contributed by atoms with Gasteiger partial charge in [-0.2, -0.15) is 0 Å². The van der Waals surface area contributed by atoms with Crippen LogP contribution in [0.3, 0.4) is 0 Å². The van der Waals surface area contributed by atoms with Gasteiger partial charge in [0.05, 0.1) is 0 Å². The van der Waals surface area contributed by atoms with Crippen LogP contribution in [0, 0.1) is 16.6 Å². The van der Waals surface area contributed by atoms with Crippen LogP contribution in [0.15, 0.2) is 24.3 Å². The van der Waals surface area contributed by atoms with Crippen LogP contribution in [0.2, 0.25) is 0 Å². The number of benzene rings is 1. The van der Waals surface area contributed by atoms with Crippen LogP contribution in [-0.2, 0) is 4.79 Å². The third-order valence-electron chi connectivity index (χ3n) is 6.66. The monoisotopic (exact) mass is 360 g/mol. The number of hydrogen-bond donors (Lipinski definition) is 0. The lowest BCUT2D eigenvalue weighted by molar-refractivity contribution is -0.136. The van der Waals surface area contributed by atoms with E-state index < -0.39 is 6.04 Å². The van der Waals surface area contributed by atoms with E-state index in [0.29, 0.717) is 5.56 Å². The van der Waals surface area contributed by atoms with Crippen molar-refractivity contribution in [3.8, 4) is 0 Å². The van der Waals surface area contributed by atoms with E-state index >= 15 is 0 Å². The van der Waals surface area contributed by atoms with Gasteiger partial charge >= 0.3 is 0 Å². The van der Waals surface area contributed by atoms with Crippen molar-refractivity contribution in [2.75, 3.05) is 67.5 Å². The lowest BCUT2D eigenvalue weighted by Gasteiger charge is -2.32. The predicted molar refractivity (Wildman–Crippen MR) is 99.3 cm³/mol. The van der Waals surface area contributed by atoms with Crippen molar-refractivity contribution in [1.82, 2.24) is 19.6 Å². The average molecular weight is 360 g/mol. The summed E-state index contributed by atoms with van der Waals surface area (Å²) in [5, 5.41) is 0. The van der Waals surface area contributed by atoms with Crippen molar-refractivity contribution < 1.29 is 9.18 Å². The fourth-order valence-electron chi connectivity index (χ4n) is 5.93. The Balaban J connectivity index is 1.63. The third kappa shape index (κ3) is 2.50. The summed E-state index contributed by atoms with van der Waals surface area (Å²) in [4.78, 5) is 22.1. The topological polar surface area (TPSA) is 30.0 Å². The minimum Gasteiger partial charge on any atom is -0.340 e. The van der Waals surface area contributed by atoms with Gasteiger partial charge in [0.2, 0.25) is 5.91 Å².